The predicted molar refractivity (Wildman–Crippen MR) is 59.9 cm³/mol. The van der Waals surface area contributed by atoms with Gasteiger partial charge in [-0.3, -0.25) is 9.59 Å². The van der Waals surface area contributed by atoms with Gasteiger partial charge < -0.3 is 9.80 Å². The summed E-state index contributed by atoms with van der Waals surface area (Å²) in [4.78, 5) is 26.3. The minimum absolute atomic E-state index is 0.0334. The fourth-order valence-corrected chi connectivity index (χ4v) is 1.74. The number of carbonyl (C=O) groups is 2. The van der Waals surface area contributed by atoms with E-state index in [1.165, 1.54) is 15.9 Å². The van der Waals surface area contributed by atoms with Crippen molar-refractivity contribution in [3.63, 3.8) is 0 Å². The molecule has 1 aliphatic heterocycles. The molecule has 1 aromatic carbocycles. The summed E-state index contributed by atoms with van der Waals surface area (Å²) in [5, 5.41) is 0. The third-order valence-electron chi connectivity index (χ3n) is 2.91. The number of amides is 2. The highest BCUT2D eigenvalue weighted by Gasteiger charge is 2.25. The number of hydrogen-bond acceptors (Lipinski definition) is 2. The molecule has 4 nitrogen and oxygen atoms in total. The van der Waals surface area contributed by atoms with Gasteiger partial charge in [0.15, 0.2) is 11.6 Å². The van der Waals surface area contributed by atoms with Crippen LogP contribution in [0.15, 0.2) is 18.2 Å². The normalized spacial score (nSPS) is 16.1. The maximum absolute atomic E-state index is 13.0. The molecule has 0 N–H and O–H groups in total. The van der Waals surface area contributed by atoms with Crippen molar-refractivity contribution in [2.45, 2.75) is 0 Å². The fraction of sp³-hybridized carbons (Fsp3) is 0.333. The van der Waals surface area contributed by atoms with Crippen LogP contribution in [0.2, 0.25) is 0 Å². The van der Waals surface area contributed by atoms with Crippen molar-refractivity contribution in [2.24, 2.45) is 0 Å². The number of likely N-dealkylation sites (N-methyl/N-ethyl adjacent to an activating group) is 1. The van der Waals surface area contributed by atoms with Crippen molar-refractivity contribution < 1.29 is 18.4 Å². The number of carbonyl (C=O) groups excluding carboxylic acids is 2. The number of rotatable bonds is 1. The molecule has 0 aliphatic carbocycles. The number of hydrogen-bond donors (Lipinski definition) is 0. The average molecular weight is 254 g/mol. The van der Waals surface area contributed by atoms with Gasteiger partial charge in [0.2, 0.25) is 5.91 Å². The molecule has 0 atom stereocenters. The number of nitrogens with zero attached hydrogens (tertiary/aromatic N) is 2. The van der Waals surface area contributed by atoms with Crippen LogP contribution in [-0.2, 0) is 4.79 Å². The third kappa shape index (κ3) is 2.32. The Hall–Kier alpha value is -1.98. The summed E-state index contributed by atoms with van der Waals surface area (Å²) < 4.78 is 25.8. The lowest BCUT2D eigenvalue weighted by Crippen LogP contribution is -2.50. The minimum atomic E-state index is -1.07. The summed E-state index contributed by atoms with van der Waals surface area (Å²) in [6.07, 6.45) is 0. The summed E-state index contributed by atoms with van der Waals surface area (Å²) in [6, 6.07) is 2.96. The molecule has 1 aliphatic rings. The van der Waals surface area contributed by atoms with Crippen LogP contribution in [0.25, 0.3) is 0 Å². The molecular formula is C12H12F2N2O2. The Morgan fingerprint density at radius 3 is 2.56 bits per heavy atom. The lowest BCUT2D eigenvalue weighted by molar-refractivity contribution is -0.133. The highest BCUT2D eigenvalue weighted by atomic mass is 19.2. The Morgan fingerprint density at radius 1 is 1.22 bits per heavy atom. The molecule has 0 radical (unpaired) electrons. The number of halogens is 2. The molecule has 0 saturated carbocycles. The van der Waals surface area contributed by atoms with E-state index in [-0.39, 0.29) is 18.0 Å². The molecule has 2 rings (SSSR count). The van der Waals surface area contributed by atoms with Crippen molar-refractivity contribution in [2.75, 3.05) is 26.7 Å². The zero-order valence-electron chi connectivity index (χ0n) is 9.82. The topological polar surface area (TPSA) is 40.6 Å². The van der Waals surface area contributed by atoms with E-state index >= 15 is 0 Å². The van der Waals surface area contributed by atoms with Crippen LogP contribution in [0.3, 0.4) is 0 Å². The van der Waals surface area contributed by atoms with Gasteiger partial charge in [-0.25, -0.2) is 8.78 Å². The van der Waals surface area contributed by atoms with Gasteiger partial charge in [0, 0.05) is 25.7 Å². The third-order valence-corrected chi connectivity index (χ3v) is 2.91. The molecular weight excluding hydrogens is 242 g/mol. The highest BCUT2D eigenvalue weighted by molar-refractivity contribution is 5.97. The zero-order chi connectivity index (χ0) is 13.3. The lowest BCUT2D eigenvalue weighted by atomic mass is 10.1. The van der Waals surface area contributed by atoms with E-state index in [9.17, 15) is 18.4 Å². The predicted octanol–water partition coefficient (Wildman–Crippen LogP) is 0.879. The second-order valence-corrected chi connectivity index (χ2v) is 4.17. The fourth-order valence-electron chi connectivity index (χ4n) is 1.74. The quantitative estimate of drug-likeness (QED) is 0.746. The van der Waals surface area contributed by atoms with Gasteiger partial charge in [0.05, 0.1) is 0 Å². The number of piperazine rings is 1. The van der Waals surface area contributed by atoms with Crippen molar-refractivity contribution >= 4 is 11.8 Å². The van der Waals surface area contributed by atoms with Gasteiger partial charge in [-0.1, -0.05) is 0 Å². The first-order chi connectivity index (χ1) is 8.49. The van der Waals surface area contributed by atoms with Crippen LogP contribution in [0.4, 0.5) is 8.78 Å². The van der Waals surface area contributed by atoms with Crippen molar-refractivity contribution in [3.05, 3.63) is 35.4 Å². The van der Waals surface area contributed by atoms with Gasteiger partial charge in [-0.15, -0.1) is 0 Å². The molecule has 18 heavy (non-hydrogen) atoms. The second-order valence-electron chi connectivity index (χ2n) is 4.17. The smallest absolute Gasteiger partial charge is 0.254 e. The van der Waals surface area contributed by atoms with Gasteiger partial charge in [-0.2, -0.15) is 0 Å². The molecule has 1 aromatic rings. The van der Waals surface area contributed by atoms with E-state index in [1.54, 1.807) is 7.05 Å². The first-order valence-electron chi connectivity index (χ1n) is 5.47. The van der Waals surface area contributed by atoms with Gasteiger partial charge in [0.25, 0.3) is 5.91 Å². The average Bonchev–Trinajstić information content (AvgIpc) is 2.35. The molecule has 1 saturated heterocycles. The zero-order valence-corrected chi connectivity index (χ0v) is 9.82. The first kappa shape index (κ1) is 12.5. The second kappa shape index (κ2) is 4.72. The lowest BCUT2D eigenvalue weighted by Gasteiger charge is -2.32. The molecule has 0 bridgehead atoms. The van der Waals surface area contributed by atoms with Crippen molar-refractivity contribution in [3.8, 4) is 0 Å². The van der Waals surface area contributed by atoms with Crippen LogP contribution in [0.1, 0.15) is 10.4 Å². The molecule has 0 aromatic heterocycles. The Kier molecular flexibility index (Phi) is 3.27. The maximum Gasteiger partial charge on any atom is 0.254 e. The van der Waals surface area contributed by atoms with Crippen LogP contribution >= 0.6 is 0 Å². The first-order valence-corrected chi connectivity index (χ1v) is 5.47. The van der Waals surface area contributed by atoms with E-state index in [4.69, 9.17) is 0 Å². The van der Waals surface area contributed by atoms with Gasteiger partial charge >= 0.3 is 0 Å². The summed E-state index contributed by atoms with van der Waals surface area (Å²) in [5.41, 5.74) is 0.0475. The molecule has 1 heterocycles. The van der Waals surface area contributed by atoms with Crippen LogP contribution in [0, 0.1) is 11.6 Å². The van der Waals surface area contributed by atoms with Gasteiger partial charge in [0.1, 0.15) is 6.54 Å². The summed E-state index contributed by atoms with van der Waals surface area (Å²) >= 11 is 0. The summed E-state index contributed by atoms with van der Waals surface area (Å²) in [6.45, 7) is 0.794. The number of benzene rings is 1. The molecule has 1 fully saturated rings. The monoisotopic (exact) mass is 254 g/mol. The SMILES string of the molecule is CN1CCN(C(=O)c2ccc(F)c(F)c2)CC1=O. The van der Waals surface area contributed by atoms with E-state index in [0.717, 1.165) is 12.1 Å². The van der Waals surface area contributed by atoms with Crippen molar-refractivity contribution in [1.29, 1.82) is 0 Å². The Bertz CT molecular complexity index is 505. The van der Waals surface area contributed by atoms with E-state index in [0.29, 0.717) is 13.1 Å². The highest BCUT2D eigenvalue weighted by Crippen LogP contribution is 2.12. The Balaban J connectivity index is 2.16. The molecule has 2 amide bonds. The molecule has 6 heteroatoms. The standard InChI is InChI=1S/C12H12F2N2O2/c1-15-4-5-16(7-11(15)17)12(18)8-2-3-9(13)10(14)6-8/h2-3,6H,4-5,7H2,1H3. The Morgan fingerprint density at radius 2 is 1.94 bits per heavy atom. The van der Waals surface area contributed by atoms with E-state index in [1.807, 2.05) is 0 Å². The Labute approximate surface area is 103 Å². The van der Waals surface area contributed by atoms with Crippen LogP contribution < -0.4 is 0 Å². The summed E-state index contributed by atoms with van der Waals surface area (Å²) in [7, 11) is 1.65. The molecule has 0 unspecified atom stereocenters. The molecule has 96 valence electrons. The van der Waals surface area contributed by atoms with E-state index in [2.05, 4.69) is 0 Å². The maximum atomic E-state index is 13.0. The van der Waals surface area contributed by atoms with Crippen LogP contribution in [0.5, 0.6) is 0 Å². The molecule has 0 spiro atoms. The van der Waals surface area contributed by atoms with Gasteiger partial charge in [-0.05, 0) is 18.2 Å². The van der Waals surface area contributed by atoms with E-state index < -0.39 is 17.5 Å². The largest absolute Gasteiger partial charge is 0.342 e. The summed E-state index contributed by atoms with van der Waals surface area (Å²) in [5.74, 6) is -2.70. The van der Waals surface area contributed by atoms with Crippen molar-refractivity contribution in [1.82, 2.24) is 9.80 Å². The minimum Gasteiger partial charge on any atom is -0.342 e. The van der Waals surface area contributed by atoms with Crippen LogP contribution in [-0.4, -0.2) is 48.3 Å².